The van der Waals surface area contributed by atoms with Gasteiger partial charge in [-0.15, -0.1) is 0 Å². The lowest BCUT2D eigenvalue weighted by Gasteiger charge is -2.27. The summed E-state index contributed by atoms with van der Waals surface area (Å²) in [6.07, 6.45) is 3.59. The number of amides is 1. The van der Waals surface area contributed by atoms with E-state index in [1.54, 1.807) is 42.9 Å². The van der Waals surface area contributed by atoms with E-state index < -0.39 is 17.8 Å². The van der Waals surface area contributed by atoms with Crippen LogP contribution in [0.25, 0.3) is 11.0 Å². The van der Waals surface area contributed by atoms with Crippen molar-refractivity contribution in [1.29, 1.82) is 0 Å². The molecule has 3 aromatic heterocycles. The number of ether oxygens (including phenoxy) is 1. The molecule has 33 heavy (non-hydrogen) atoms. The number of rotatable bonds is 5. The Labute approximate surface area is 197 Å². The summed E-state index contributed by atoms with van der Waals surface area (Å²) in [6.45, 7) is 5.70. The third kappa shape index (κ3) is 5.32. The Morgan fingerprint density at radius 1 is 1.15 bits per heavy atom. The highest BCUT2D eigenvalue weighted by atomic mass is 35.5. The molecule has 3 heterocycles. The van der Waals surface area contributed by atoms with Gasteiger partial charge in [-0.1, -0.05) is 29.8 Å². The molecule has 0 radical (unpaired) electrons. The Morgan fingerprint density at radius 3 is 2.58 bits per heavy atom. The minimum Gasteiger partial charge on any atom is -0.443 e. The van der Waals surface area contributed by atoms with E-state index in [2.05, 4.69) is 15.0 Å². The summed E-state index contributed by atoms with van der Waals surface area (Å²) in [5.41, 5.74) is 2.23. The average molecular weight is 465 g/mol. The predicted octanol–water partition coefficient (Wildman–Crippen LogP) is 5.63. The average Bonchev–Trinajstić information content (AvgIpc) is 3.21. The molecule has 0 saturated carbocycles. The summed E-state index contributed by atoms with van der Waals surface area (Å²) in [4.78, 5) is 26.2. The Balaban J connectivity index is 1.61. The molecule has 1 atom stereocenters. The second kappa shape index (κ2) is 9.21. The van der Waals surface area contributed by atoms with E-state index in [0.29, 0.717) is 27.6 Å². The number of aliphatic hydroxyl groups is 1. The van der Waals surface area contributed by atoms with E-state index in [0.717, 1.165) is 10.9 Å². The van der Waals surface area contributed by atoms with E-state index in [9.17, 15) is 9.90 Å². The lowest BCUT2D eigenvalue weighted by molar-refractivity contribution is 0.0576. The molecule has 0 saturated heterocycles. The molecule has 0 fully saturated rings. The highest BCUT2D eigenvalue weighted by Crippen LogP contribution is 2.29. The van der Waals surface area contributed by atoms with Gasteiger partial charge in [-0.2, -0.15) is 0 Å². The fourth-order valence-electron chi connectivity index (χ4n) is 3.43. The number of pyridine rings is 2. The number of carbonyl (C=O) groups is 1. The molecule has 4 aromatic rings. The molecule has 0 aliphatic rings. The molecule has 0 aliphatic carbocycles. The smallest absolute Gasteiger partial charge is 0.416 e. The van der Waals surface area contributed by atoms with Crippen LogP contribution in [0.2, 0.25) is 5.02 Å². The monoisotopic (exact) mass is 464 g/mol. The number of hydrogen-bond donors (Lipinski definition) is 2. The van der Waals surface area contributed by atoms with Gasteiger partial charge in [0.25, 0.3) is 0 Å². The van der Waals surface area contributed by atoms with E-state index in [4.69, 9.17) is 16.3 Å². The highest BCUT2D eigenvalue weighted by molar-refractivity contribution is 6.30. The molecule has 4 rings (SSSR count). The first-order chi connectivity index (χ1) is 15.7. The van der Waals surface area contributed by atoms with Crippen LogP contribution in [0.4, 0.5) is 10.6 Å². The van der Waals surface area contributed by atoms with Crippen LogP contribution >= 0.6 is 11.6 Å². The highest BCUT2D eigenvalue weighted by Gasteiger charge is 2.25. The van der Waals surface area contributed by atoms with Gasteiger partial charge in [0.1, 0.15) is 23.2 Å². The summed E-state index contributed by atoms with van der Waals surface area (Å²) < 4.78 is 5.60. The van der Waals surface area contributed by atoms with Gasteiger partial charge in [-0.3, -0.25) is 4.90 Å². The Hall–Kier alpha value is -3.42. The number of aromatic amines is 1. The Bertz CT molecular complexity index is 1250. The van der Waals surface area contributed by atoms with Crippen molar-refractivity contribution in [2.24, 2.45) is 0 Å². The summed E-state index contributed by atoms with van der Waals surface area (Å²) in [5.74, 6) is 0.413. The van der Waals surface area contributed by atoms with Crippen LogP contribution in [-0.2, 0) is 11.3 Å². The summed E-state index contributed by atoms with van der Waals surface area (Å²) in [7, 11) is 0. The molecule has 1 aromatic carbocycles. The molecule has 7 nitrogen and oxygen atoms in total. The lowest BCUT2D eigenvalue weighted by Crippen LogP contribution is -2.37. The van der Waals surface area contributed by atoms with Gasteiger partial charge in [0.2, 0.25) is 0 Å². The summed E-state index contributed by atoms with van der Waals surface area (Å²) in [5, 5.41) is 12.4. The van der Waals surface area contributed by atoms with Crippen LogP contribution in [0.5, 0.6) is 0 Å². The Kier molecular flexibility index (Phi) is 6.35. The number of aliphatic hydroxyl groups excluding tert-OH is 1. The van der Waals surface area contributed by atoms with Crippen LogP contribution in [-0.4, -0.2) is 31.8 Å². The normalized spacial score (nSPS) is 12.5. The van der Waals surface area contributed by atoms with Crippen molar-refractivity contribution < 1.29 is 14.6 Å². The number of aromatic nitrogens is 3. The molecule has 1 amide bonds. The zero-order valence-corrected chi connectivity index (χ0v) is 19.4. The first-order valence-corrected chi connectivity index (χ1v) is 10.9. The van der Waals surface area contributed by atoms with E-state index in [1.807, 2.05) is 45.0 Å². The molecule has 1 unspecified atom stereocenters. The topological polar surface area (TPSA) is 91.3 Å². The van der Waals surface area contributed by atoms with Crippen LogP contribution in [0.1, 0.15) is 43.6 Å². The maximum atomic E-state index is 13.0. The van der Waals surface area contributed by atoms with Crippen molar-refractivity contribution in [3.8, 4) is 0 Å². The first-order valence-electron chi connectivity index (χ1n) is 10.5. The third-order valence-corrected chi connectivity index (χ3v) is 5.26. The largest absolute Gasteiger partial charge is 0.443 e. The van der Waals surface area contributed by atoms with Crippen molar-refractivity contribution in [2.45, 2.75) is 39.0 Å². The van der Waals surface area contributed by atoms with Gasteiger partial charge in [0.05, 0.1) is 6.54 Å². The minimum atomic E-state index is -0.893. The molecule has 8 heteroatoms. The molecular weight excluding hydrogens is 440 g/mol. The molecule has 170 valence electrons. The SMILES string of the molecule is CC(C)(C)OC(=O)N(Cc1ccc(Cl)cc1)c1ccc(C(O)c2c[nH]c3ncccc23)cn1. The van der Waals surface area contributed by atoms with Gasteiger partial charge in [-0.05, 0) is 56.7 Å². The summed E-state index contributed by atoms with van der Waals surface area (Å²) in [6, 6.07) is 14.4. The van der Waals surface area contributed by atoms with Crippen LogP contribution in [0.3, 0.4) is 0 Å². The van der Waals surface area contributed by atoms with Gasteiger partial charge in [0.15, 0.2) is 0 Å². The second-order valence-corrected chi connectivity index (χ2v) is 9.13. The molecule has 0 aliphatic heterocycles. The fourth-order valence-corrected chi connectivity index (χ4v) is 3.56. The first kappa shape index (κ1) is 22.8. The fraction of sp³-hybridized carbons (Fsp3) is 0.240. The van der Waals surface area contributed by atoms with E-state index in [-0.39, 0.29) is 6.54 Å². The van der Waals surface area contributed by atoms with Crippen molar-refractivity contribution in [3.05, 3.63) is 88.8 Å². The second-order valence-electron chi connectivity index (χ2n) is 8.69. The Morgan fingerprint density at radius 2 is 1.91 bits per heavy atom. The number of anilines is 1. The van der Waals surface area contributed by atoms with Crippen molar-refractivity contribution in [3.63, 3.8) is 0 Å². The summed E-state index contributed by atoms with van der Waals surface area (Å²) >= 11 is 5.99. The standard InChI is InChI=1S/C25H25ClN4O3/c1-25(2,3)33-24(32)30(15-16-6-9-18(26)10-7-16)21-11-8-17(13-28-21)22(31)20-14-29-23-19(20)5-4-12-27-23/h4-14,22,31H,15H2,1-3H3,(H,27,29). The van der Waals surface area contributed by atoms with Crippen LogP contribution < -0.4 is 4.90 Å². The number of halogens is 1. The van der Waals surface area contributed by atoms with Crippen molar-refractivity contribution in [1.82, 2.24) is 15.0 Å². The van der Waals surface area contributed by atoms with Crippen molar-refractivity contribution in [2.75, 3.05) is 4.90 Å². The number of H-pyrrole nitrogens is 1. The molecular formula is C25H25ClN4O3. The number of carbonyl (C=O) groups excluding carboxylic acids is 1. The van der Waals surface area contributed by atoms with Crippen molar-refractivity contribution >= 4 is 34.5 Å². The van der Waals surface area contributed by atoms with Gasteiger partial charge < -0.3 is 14.8 Å². The maximum Gasteiger partial charge on any atom is 0.416 e. The van der Waals surface area contributed by atoms with E-state index in [1.165, 1.54) is 4.90 Å². The number of nitrogens with one attached hydrogen (secondary N) is 1. The third-order valence-electron chi connectivity index (χ3n) is 5.01. The predicted molar refractivity (Wildman–Crippen MR) is 128 cm³/mol. The van der Waals surface area contributed by atoms with E-state index >= 15 is 0 Å². The quantitative estimate of drug-likeness (QED) is 0.399. The number of benzene rings is 1. The zero-order valence-electron chi connectivity index (χ0n) is 18.6. The van der Waals surface area contributed by atoms with Gasteiger partial charge >= 0.3 is 6.09 Å². The molecule has 0 bridgehead atoms. The molecule has 0 spiro atoms. The van der Waals surface area contributed by atoms with Crippen LogP contribution in [0, 0.1) is 0 Å². The molecule has 2 N–H and O–H groups in total. The number of fused-ring (bicyclic) bond motifs is 1. The maximum absolute atomic E-state index is 13.0. The van der Waals surface area contributed by atoms with Gasteiger partial charge in [0, 0.05) is 40.1 Å². The number of nitrogens with zero attached hydrogens (tertiary/aromatic N) is 3. The zero-order chi connectivity index (χ0) is 23.6. The minimum absolute atomic E-state index is 0.259. The lowest BCUT2D eigenvalue weighted by atomic mass is 10.0. The number of hydrogen-bond acceptors (Lipinski definition) is 5. The van der Waals surface area contributed by atoms with Gasteiger partial charge in [-0.25, -0.2) is 14.8 Å². The van der Waals surface area contributed by atoms with Crippen LogP contribution in [0.15, 0.2) is 67.1 Å².